The van der Waals surface area contributed by atoms with Gasteiger partial charge in [-0.1, -0.05) is 222 Å². The summed E-state index contributed by atoms with van der Waals surface area (Å²) in [6.07, 6.45) is 0. The molecule has 2 heteroatoms. The van der Waals surface area contributed by atoms with Crippen LogP contribution < -0.4 is 9.80 Å². The summed E-state index contributed by atoms with van der Waals surface area (Å²) in [7, 11) is 0. The molecule has 11 aromatic carbocycles. The van der Waals surface area contributed by atoms with Crippen molar-refractivity contribution in [2.75, 3.05) is 9.80 Å². The molecule has 0 amide bonds. The number of nitrogens with zero attached hydrogens (tertiary/aromatic N) is 2. The maximum atomic E-state index is 2.59. The minimum atomic E-state index is -0.589. The summed E-state index contributed by atoms with van der Waals surface area (Å²) in [6, 6.07) is 95.8. The molecule has 15 rings (SSSR count). The molecule has 0 bridgehead atoms. The first kappa shape index (κ1) is 43.6. The Hall–Kier alpha value is -8.98. The number of hydrogen-bond donors (Lipinski definition) is 0. The Morgan fingerprint density at radius 3 is 1.35 bits per heavy atom. The topological polar surface area (TPSA) is 6.48 Å². The van der Waals surface area contributed by atoms with E-state index in [1.807, 2.05) is 0 Å². The van der Waals surface area contributed by atoms with E-state index >= 15 is 0 Å². The van der Waals surface area contributed by atoms with Gasteiger partial charge in [0.2, 0.25) is 0 Å². The van der Waals surface area contributed by atoms with E-state index in [2.05, 4.69) is 292 Å². The average molecular weight is 959 g/mol. The lowest BCUT2D eigenvalue weighted by Gasteiger charge is -2.45. The molecule has 1 aliphatic heterocycles. The first-order valence-corrected chi connectivity index (χ1v) is 26.5. The van der Waals surface area contributed by atoms with E-state index in [4.69, 9.17) is 0 Å². The van der Waals surface area contributed by atoms with Crippen LogP contribution in [0.25, 0.3) is 55.6 Å². The number of rotatable bonds is 6. The lowest BCUT2D eigenvalue weighted by Crippen LogP contribution is -2.36. The first-order chi connectivity index (χ1) is 36.7. The molecule has 0 N–H and O–H groups in total. The van der Waals surface area contributed by atoms with E-state index < -0.39 is 5.41 Å². The van der Waals surface area contributed by atoms with Gasteiger partial charge in [0.05, 0.1) is 22.5 Å². The Labute approximate surface area is 440 Å². The molecule has 0 unspecified atom stereocenters. The molecule has 2 nitrogen and oxygen atoms in total. The summed E-state index contributed by atoms with van der Waals surface area (Å²) in [6.45, 7) is 9.62. The zero-order chi connectivity index (χ0) is 50.2. The summed E-state index contributed by atoms with van der Waals surface area (Å²) in [4.78, 5) is 5.05. The Balaban J connectivity index is 0.934. The van der Waals surface area contributed by atoms with E-state index in [0.717, 1.165) is 17.1 Å². The molecule has 3 aliphatic carbocycles. The van der Waals surface area contributed by atoms with Crippen molar-refractivity contribution in [2.24, 2.45) is 0 Å². The minimum absolute atomic E-state index is 0.176. The highest BCUT2D eigenvalue weighted by molar-refractivity contribution is 6.02. The summed E-state index contributed by atoms with van der Waals surface area (Å²) in [5.41, 5.74) is 29.3. The van der Waals surface area contributed by atoms with Crippen molar-refractivity contribution in [3.05, 3.63) is 299 Å². The van der Waals surface area contributed by atoms with Gasteiger partial charge >= 0.3 is 0 Å². The summed E-state index contributed by atoms with van der Waals surface area (Å²) in [5.74, 6) is 0. The van der Waals surface area contributed by atoms with E-state index in [0.29, 0.717) is 0 Å². The van der Waals surface area contributed by atoms with Crippen LogP contribution in [-0.4, -0.2) is 0 Å². The second-order valence-corrected chi connectivity index (χ2v) is 22.0. The van der Waals surface area contributed by atoms with Crippen LogP contribution in [0.4, 0.5) is 34.1 Å². The van der Waals surface area contributed by atoms with Crippen LogP contribution in [0.1, 0.15) is 72.2 Å². The van der Waals surface area contributed by atoms with E-state index in [-0.39, 0.29) is 10.8 Å². The Morgan fingerprint density at radius 2 is 0.720 bits per heavy atom. The number of anilines is 6. The summed E-state index contributed by atoms with van der Waals surface area (Å²) < 4.78 is 0. The van der Waals surface area contributed by atoms with Crippen molar-refractivity contribution in [2.45, 2.75) is 43.9 Å². The van der Waals surface area contributed by atoms with Crippen LogP contribution in [0.3, 0.4) is 0 Å². The number of hydrogen-bond acceptors (Lipinski definition) is 2. The monoisotopic (exact) mass is 958 g/mol. The fraction of sp³-hybridized carbons (Fsp3) is 0.0959. The number of para-hydroxylation sites is 3. The smallest absolute Gasteiger partial charge is 0.0755 e. The van der Waals surface area contributed by atoms with Crippen LogP contribution in [0.5, 0.6) is 0 Å². The van der Waals surface area contributed by atoms with Crippen LogP contribution >= 0.6 is 0 Å². The molecule has 75 heavy (non-hydrogen) atoms. The SMILES string of the molecule is CC1(C)c2ccccc2-c2ccc(N(c3ccc4c(c3)C(C)(C)c3cc(-c5ccc(-c6ccccc6)cc5)ccc3-4)c3cccc4c3-c3ccccc3C43c4ccccc4N(c4ccccc4)c4ccccc43)cc21. The van der Waals surface area contributed by atoms with Gasteiger partial charge in [-0.2, -0.15) is 0 Å². The van der Waals surface area contributed by atoms with Gasteiger partial charge in [0, 0.05) is 33.5 Å². The fourth-order valence-corrected chi connectivity index (χ4v) is 14.0. The third kappa shape index (κ3) is 6.08. The maximum absolute atomic E-state index is 2.59. The largest absolute Gasteiger partial charge is 0.310 e. The average Bonchev–Trinajstić information content (AvgIpc) is 4.00. The standard InChI is InChI=1S/C73H54N2/c1-71(2)59-26-13-11-24-54(59)56-42-39-52(45-65(56)71)74(53-40-43-57-55-41-38-50(44-64(55)72(3,4)66(57)46-53)49-36-34-48(35-37-49)47-20-7-5-8-21-47)69-33-19-30-63-70(69)58-25-12-14-27-60(58)73(63)61-28-15-17-31-67(61)75(51-22-9-6-10-23-51)68-32-18-16-29-62(68)73/h5-46H,1-4H3. The zero-order valence-corrected chi connectivity index (χ0v) is 42.6. The molecule has 356 valence electrons. The molecule has 0 saturated carbocycles. The molecule has 0 saturated heterocycles. The first-order valence-electron chi connectivity index (χ1n) is 26.5. The molecule has 0 atom stereocenters. The minimum Gasteiger partial charge on any atom is -0.310 e. The van der Waals surface area contributed by atoms with Gasteiger partial charge in [0.25, 0.3) is 0 Å². The predicted molar refractivity (Wildman–Crippen MR) is 313 cm³/mol. The summed E-state index contributed by atoms with van der Waals surface area (Å²) in [5, 5.41) is 0. The van der Waals surface area contributed by atoms with Crippen molar-refractivity contribution in [3.8, 4) is 55.6 Å². The molecule has 0 aromatic heterocycles. The maximum Gasteiger partial charge on any atom is 0.0755 e. The van der Waals surface area contributed by atoms with Crippen LogP contribution in [0.2, 0.25) is 0 Å². The molecule has 1 spiro atoms. The molecular weight excluding hydrogens is 905 g/mol. The van der Waals surface area contributed by atoms with Crippen molar-refractivity contribution in [1.29, 1.82) is 0 Å². The summed E-state index contributed by atoms with van der Waals surface area (Å²) >= 11 is 0. The van der Waals surface area contributed by atoms with Gasteiger partial charge in [0.15, 0.2) is 0 Å². The van der Waals surface area contributed by atoms with Gasteiger partial charge in [-0.05, 0) is 155 Å². The molecule has 0 radical (unpaired) electrons. The fourth-order valence-electron chi connectivity index (χ4n) is 14.0. The second kappa shape index (κ2) is 16.0. The normalized spacial score (nSPS) is 15.0. The predicted octanol–water partition coefficient (Wildman–Crippen LogP) is 19.2. The highest BCUT2D eigenvalue weighted by atomic mass is 15.2. The quantitative estimate of drug-likeness (QED) is 0.164. The van der Waals surface area contributed by atoms with Crippen molar-refractivity contribution in [1.82, 2.24) is 0 Å². The third-order valence-corrected chi connectivity index (χ3v) is 17.5. The van der Waals surface area contributed by atoms with Gasteiger partial charge in [0.1, 0.15) is 0 Å². The zero-order valence-electron chi connectivity index (χ0n) is 42.6. The molecule has 1 heterocycles. The van der Waals surface area contributed by atoms with Gasteiger partial charge < -0.3 is 9.80 Å². The second-order valence-electron chi connectivity index (χ2n) is 22.0. The third-order valence-electron chi connectivity index (χ3n) is 17.5. The highest BCUT2D eigenvalue weighted by Crippen LogP contribution is 2.66. The number of benzene rings is 11. The number of fused-ring (bicyclic) bond motifs is 15. The van der Waals surface area contributed by atoms with Crippen molar-refractivity contribution >= 4 is 34.1 Å². The Kier molecular flexibility index (Phi) is 9.30. The molecule has 11 aromatic rings. The lowest BCUT2D eigenvalue weighted by atomic mass is 9.64. The molecular formula is C73H54N2. The highest BCUT2D eigenvalue weighted by Gasteiger charge is 2.53. The van der Waals surface area contributed by atoms with Crippen molar-refractivity contribution in [3.63, 3.8) is 0 Å². The van der Waals surface area contributed by atoms with E-state index in [1.165, 1.54) is 117 Å². The van der Waals surface area contributed by atoms with E-state index in [9.17, 15) is 0 Å². The Bertz CT molecular complexity index is 4080. The lowest BCUT2D eigenvalue weighted by molar-refractivity contribution is 0.660. The Morgan fingerprint density at radius 1 is 0.293 bits per heavy atom. The van der Waals surface area contributed by atoms with Crippen LogP contribution in [0.15, 0.2) is 255 Å². The van der Waals surface area contributed by atoms with Gasteiger partial charge in [-0.15, -0.1) is 0 Å². The van der Waals surface area contributed by atoms with Crippen LogP contribution in [0, 0.1) is 0 Å². The van der Waals surface area contributed by atoms with Gasteiger partial charge in [-0.25, -0.2) is 0 Å². The van der Waals surface area contributed by atoms with E-state index in [1.54, 1.807) is 0 Å². The molecule has 4 aliphatic rings. The molecule has 0 fully saturated rings. The van der Waals surface area contributed by atoms with Crippen molar-refractivity contribution < 1.29 is 0 Å². The van der Waals surface area contributed by atoms with Crippen LogP contribution in [-0.2, 0) is 16.2 Å². The van der Waals surface area contributed by atoms with Gasteiger partial charge in [-0.3, -0.25) is 0 Å².